The Balaban J connectivity index is 2.64. The van der Waals surface area contributed by atoms with Gasteiger partial charge in [-0.05, 0) is 38.0 Å². The fourth-order valence-electron chi connectivity index (χ4n) is 1.75. The first kappa shape index (κ1) is 10.0. The Morgan fingerprint density at radius 1 is 1.47 bits per heavy atom. The highest BCUT2D eigenvalue weighted by Crippen LogP contribution is 2.24. The SMILES string of the molecule is CC[C@@H](C)n1ncc2cc(C)c(N)cc21. The molecule has 1 aromatic heterocycles. The lowest BCUT2D eigenvalue weighted by atomic mass is 10.1. The minimum Gasteiger partial charge on any atom is -0.398 e. The van der Waals surface area contributed by atoms with Crippen molar-refractivity contribution in [3.63, 3.8) is 0 Å². The number of nitrogens with zero attached hydrogens (tertiary/aromatic N) is 2. The van der Waals surface area contributed by atoms with Gasteiger partial charge in [0.1, 0.15) is 0 Å². The fourth-order valence-corrected chi connectivity index (χ4v) is 1.75. The maximum atomic E-state index is 5.91. The minimum absolute atomic E-state index is 0.421. The molecule has 3 nitrogen and oxygen atoms in total. The Morgan fingerprint density at radius 3 is 2.87 bits per heavy atom. The van der Waals surface area contributed by atoms with E-state index in [1.54, 1.807) is 0 Å². The molecule has 0 saturated heterocycles. The van der Waals surface area contributed by atoms with Crippen molar-refractivity contribution in [1.29, 1.82) is 0 Å². The number of nitrogens with two attached hydrogens (primary N) is 1. The Hall–Kier alpha value is -1.51. The molecule has 0 bridgehead atoms. The van der Waals surface area contributed by atoms with E-state index in [0.29, 0.717) is 6.04 Å². The van der Waals surface area contributed by atoms with Crippen molar-refractivity contribution in [3.05, 3.63) is 23.9 Å². The summed E-state index contributed by atoms with van der Waals surface area (Å²) < 4.78 is 2.05. The molecule has 1 aromatic carbocycles. The molecule has 0 amide bonds. The smallest absolute Gasteiger partial charge is 0.0706 e. The molecule has 0 aliphatic heterocycles. The van der Waals surface area contributed by atoms with Crippen LogP contribution < -0.4 is 5.73 Å². The number of fused-ring (bicyclic) bond motifs is 1. The van der Waals surface area contributed by atoms with Crippen LogP contribution >= 0.6 is 0 Å². The van der Waals surface area contributed by atoms with E-state index in [2.05, 4.69) is 25.0 Å². The van der Waals surface area contributed by atoms with Crippen molar-refractivity contribution in [3.8, 4) is 0 Å². The lowest BCUT2D eigenvalue weighted by Gasteiger charge is -2.11. The van der Waals surface area contributed by atoms with E-state index in [9.17, 15) is 0 Å². The maximum absolute atomic E-state index is 5.91. The van der Waals surface area contributed by atoms with Crippen molar-refractivity contribution in [2.24, 2.45) is 0 Å². The topological polar surface area (TPSA) is 43.8 Å². The monoisotopic (exact) mass is 203 g/mol. The van der Waals surface area contributed by atoms with Crippen molar-refractivity contribution >= 4 is 16.6 Å². The van der Waals surface area contributed by atoms with E-state index in [-0.39, 0.29) is 0 Å². The third-order valence-corrected chi connectivity index (χ3v) is 2.99. The second-order valence-electron chi connectivity index (χ2n) is 4.11. The van der Waals surface area contributed by atoms with Crippen LogP contribution in [0.3, 0.4) is 0 Å². The molecule has 1 atom stereocenters. The predicted molar refractivity (Wildman–Crippen MR) is 63.9 cm³/mol. The summed E-state index contributed by atoms with van der Waals surface area (Å²) in [4.78, 5) is 0. The molecule has 0 radical (unpaired) electrons. The molecule has 0 aliphatic carbocycles. The number of anilines is 1. The summed E-state index contributed by atoms with van der Waals surface area (Å²) in [6.07, 6.45) is 2.98. The highest BCUT2D eigenvalue weighted by atomic mass is 15.3. The number of nitrogen functional groups attached to an aromatic ring is 1. The summed E-state index contributed by atoms with van der Waals surface area (Å²) >= 11 is 0. The van der Waals surface area contributed by atoms with Crippen molar-refractivity contribution in [2.45, 2.75) is 33.2 Å². The third-order valence-electron chi connectivity index (χ3n) is 2.99. The van der Waals surface area contributed by atoms with Gasteiger partial charge < -0.3 is 5.73 Å². The molecule has 0 spiro atoms. The second-order valence-corrected chi connectivity index (χ2v) is 4.11. The molecule has 1 heterocycles. The van der Waals surface area contributed by atoms with E-state index in [1.807, 2.05) is 23.9 Å². The van der Waals surface area contributed by atoms with E-state index in [0.717, 1.165) is 23.2 Å². The van der Waals surface area contributed by atoms with Gasteiger partial charge in [0.25, 0.3) is 0 Å². The third kappa shape index (κ3) is 1.58. The van der Waals surface area contributed by atoms with Crippen LogP contribution in [-0.4, -0.2) is 9.78 Å². The molecular formula is C12H17N3. The number of aryl methyl sites for hydroxylation is 1. The van der Waals surface area contributed by atoms with Gasteiger partial charge in [0, 0.05) is 17.1 Å². The van der Waals surface area contributed by atoms with Crippen LogP contribution in [0.25, 0.3) is 10.9 Å². The van der Waals surface area contributed by atoms with Crippen LogP contribution in [0, 0.1) is 6.92 Å². The standard InChI is InChI=1S/C12H17N3/c1-4-9(3)15-12-6-11(13)8(2)5-10(12)7-14-15/h5-7,9H,4,13H2,1-3H3/t9-/m1/s1. The largest absolute Gasteiger partial charge is 0.398 e. The number of hydrogen-bond donors (Lipinski definition) is 1. The van der Waals surface area contributed by atoms with E-state index >= 15 is 0 Å². The number of benzene rings is 1. The normalized spacial score (nSPS) is 13.3. The molecule has 80 valence electrons. The molecule has 0 fully saturated rings. The maximum Gasteiger partial charge on any atom is 0.0706 e. The van der Waals surface area contributed by atoms with Gasteiger partial charge in [-0.3, -0.25) is 4.68 Å². The van der Waals surface area contributed by atoms with Gasteiger partial charge in [-0.2, -0.15) is 5.10 Å². The molecular weight excluding hydrogens is 186 g/mol. The van der Waals surface area contributed by atoms with Gasteiger partial charge in [-0.1, -0.05) is 6.92 Å². The van der Waals surface area contributed by atoms with Gasteiger partial charge in [-0.15, -0.1) is 0 Å². The van der Waals surface area contributed by atoms with Gasteiger partial charge in [0.2, 0.25) is 0 Å². The second kappa shape index (κ2) is 3.57. The van der Waals surface area contributed by atoms with Gasteiger partial charge >= 0.3 is 0 Å². The van der Waals surface area contributed by atoms with Crippen LogP contribution in [0.2, 0.25) is 0 Å². The molecule has 2 N–H and O–H groups in total. The van der Waals surface area contributed by atoms with Crippen LogP contribution in [-0.2, 0) is 0 Å². The van der Waals surface area contributed by atoms with Crippen LogP contribution in [0.15, 0.2) is 18.3 Å². The number of rotatable bonds is 2. The first-order chi connectivity index (χ1) is 7.13. The van der Waals surface area contributed by atoms with E-state index in [1.165, 1.54) is 5.39 Å². The zero-order valence-electron chi connectivity index (χ0n) is 9.49. The molecule has 0 saturated carbocycles. The summed E-state index contributed by atoms with van der Waals surface area (Å²) in [5.41, 5.74) is 9.00. The summed E-state index contributed by atoms with van der Waals surface area (Å²) in [6.45, 7) is 6.35. The molecule has 3 heteroatoms. The fraction of sp³-hybridized carbons (Fsp3) is 0.417. The first-order valence-corrected chi connectivity index (χ1v) is 5.36. The summed E-state index contributed by atoms with van der Waals surface area (Å²) in [7, 11) is 0. The van der Waals surface area contributed by atoms with Crippen molar-refractivity contribution in [2.75, 3.05) is 5.73 Å². The quantitative estimate of drug-likeness (QED) is 0.763. The zero-order chi connectivity index (χ0) is 11.0. The van der Waals surface area contributed by atoms with E-state index < -0.39 is 0 Å². The Bertz CT molecular complexity index is 485. The highest BCUT2D eigenvalue weighted by Gasteiger charge is 2.09. The van der Waals surface area contributed by atoms with Gasteiger partial charge in [-0.25, -0.2) is 0 Å². The van der Waals surface area contributed by atoms with Crippen molar-refractivity contribution < 1.29 is 0 Å². The molecule has 2 rings (SSSR count). The molecule has 0 aliphatic rings. The lowest BCUT2D eigenvalue weighted by molar-refractivity contribution is 0.493. The molecule has 2 aromatic rings. The van der Waals surface area contributed by atoms with Crippen LogP contribution in [0.1, 0.15) is 31.9 Å². The lowest BCUT2D eigenvalue weighted by Crippen LogP contribution is -2.05. The van der Waals surface area contributed by atoms with Gasteiger partial charge in [0.05, 0.1) is 11.7 Å². The van der Waals surface area contributed by atoms with Crippen LogP contribution in [0.4, 0.5) is 5.69 Å². The Morgan fingerprint density at radius 2 is 2.20 bits per heavy atom. The van der Waals surface area contributed by atoms with Gasteiger partial charge in [0.15, 0.2) is 0 Å². The average Bonchev–Trinajstić information content (AvgIpc) is 2.61. The summed E-state index contributed by atoms with van der Waals surface area (Å²) in [6, 6.07) is 4.53. The number of hydrogen-bond acceptors (Lipinski definition) is 2. The average molecular weight is 203 g/mol. The highest BCUT2D eigenvalue weighted by molar-refractivity contribution is 5.83. The predicted octanol–water partition coefficient (Wildman–Crippen LogP) is 2.90. The van der Waals surface area contributed by atoms with Crippen molar-refractivity contribution in [1.82, 2.24) is 9.78 Å². The zero-order valence-corrected chi connectivity index (χ0v) is 9.49. The molecule has 15 heavy (non-hydrogen) atoms. The van der Waals surface area contributed by atoms with E-state index in [4.69, 9.17) is 5.73 Å². The summed E-state index contributed by atoms with van der Waals surface area (Å²) in [5.74, 6) is 0. The number of aromatic nitrogens is 2. The minimum atomic E-state index is 0.421. The first-order valence-electron chi connectivity index (χ1n) is 5.36. The van der Waals surface area contributed by atoms with Crippen LogP contribution in [0.5, 0.6) is 0 Å². The summed E-state index contributed by atoms with van der Waals surface area (Å²) in [5, 5.41) is 5.58. The molecule has 0 unspecified atom stereocenters. The Kier molecular flexibility index (Phi) is 2.39. The Labute approximate surface area is 89.9 Å².